The molecule has 3 nitrogen and oxygen atoms in total. The molecule has 2 fully saturated rings. The summed E-state index contributed by atoms with van der Waals surface area (Å²) in [5.41, 5.74) is 1.43. The van der Waals surface area contributed by atoms with E-state index in [1.54, 1.807) is 0 Å². The number of nitrogens with zero attached hydrogens (tertiary/aromatic N) is 1. The van der Waals surface area contributed by atoms with E-state index in [1.807, 2.05) is 0 Å². The fourth-order valence-corrected chi connectivity index (χ4v) is 3.50. The summed E-state index contributed by atoms with van der Waals surface area (Å²) in [6, 6.07) is 8.72. The summed E-state index contributed by atoms with van der Waals surface area (Å²) in [5.74, 6) is 1.68. The Bertz CT molecular complexity index is 420. The molecule has 0 atom stereocenters. The molecule has 0 spiro atoms. The van der Waals surface area contributed by atoms with Crippen LogP contribution in [0.4, 0.5) is 0 Å². The first-order valence-electron chi connectivity index (χ1n) is 8.95. The molecule has 2 heterocycles. The lowest BCUT2D eigenvalue weighted by Gasteiger charge is -2.22. The minimum absolute atomic E-state index is 0.670. The predicted octanol–water partition coefficient (Wildman–Crippen LogP) is 3.84. The largest absolute Gasteiger partial charge is 0.494 e. The molecular formula is C19H29NO2. The first kappa shape index (κ1) is 15.8. The summed E-state index contributed by atoms with van der Waals surface area (Å²) < 4.78 is 11.3. The Morgan fingerprint density at radius 2 is 1.73 bits per heavy atom. The van der Waals surface area contributed by atoms with Gasteiger partial charge in [-0.2, -0.15) is 0 Å². The number of unbranched alkanes of at least 4 members (excludes halogenated alkanes) is 1. The maximum Gasteiger partial charge on any atom is 0.119 e. The highest BCUT2D eigenvalue weighted by Crippen LogP contribution is 2.28. The molecule has 0 aromatic heterocycles. The second kappa shape index (κ2) is 8.54. The predicted molar refractivity (Wildman–Crippen MR) is 89.6 cm³/mol. The van der Waals surface area contributed by atoms with Crippen molar-refractivity contribution in [3.05, 3.63) is 29.8 Å². The van der Waals surface area contributed by atoms with Gasteiger partial charge in [0.2, 0.25) is 0 Å². The Kier molecular flexibility index (Phi) is 6.14. The van der Waals surface area contributed by atoms with E-state index in [4.69, 9.17) is 9.47 Å². The Balaban J connectivity index is 1.34. The number of benzene rings is 1. The minimum Gasteiger partial charge on any atom is -0.494 e. The quantitative estimate of drug-likeness (QED) is 0.714. The van der Waals surface area contributed by atoms with Crippen LogP contribution in [0.15, 0.2) is 24.3 Å². The van der Waals surface area contributed by atoms with Gasteiger partial charge in [0, 0.05) is 13.2 Å². The Morgan fingerprint density at radius 3 is 2.45 bits per heavy atom. The molecule has 2 aliphatic heterocycles. The van der Waals surface area contributed by atoms with E-state index in [9.17, 15) is 0 Å². The number of hydrogen-bond acceptors (Lipinski definition) is 3. The molecule has 3 rings (SSSR count). The first-order chi connectivity index (χ1) is 10.9. The van der Waals surface area contributed by atoms with Gasteiger partial charge in [0.1, 0.15) is 5.75 Å². The standard InChI is InChI=1S/C19H29NO2/c1-2-12-20(11-1)13-3-4-14-22-19-7-5-17(6-8-19)18-9-15-21-16-10-18/h5-8,18H,1-4,9-16H2. The maximum absolute atomic E-state index is 5.87. The van der Waals surface area contributed by atoms with Crippen molar-refractivity contribution in [3.8, 4) is 5.75 Å². The van der Waals surface area contributed by atoms with Crippen molar-refractivity contribution >= 4 is 0 Å². The molecule has 0 N–H and O–H groups in total. The second-order valence-corrected chi connectivity index (χ2v) is 6.56. The number of hydrogen-bond donors (Lipinski definition) is 0. The van der Waals surface area contributed by atoms with Gasteiger partial charge in [-0.05, 0) is 81.8 Å². The van der Waals surface area contributed by atoms with Crippen molar-refractivity contribution in [1.29, 1.82) is 0 Å². The Morgan fingerprint density at radius 1 is 1.00 bits per heavy atom. The SMILES string of the molecule is c1cc(C2CCOCC2)ccc1OCCCCN1CCCC1. The van der Waals surface area contributed by atoms with E-state index in [-0.39, 0.29) is 0 Å². The highest BCUT2D eigenvalue weighted by Gasteiger charge is 2.15. The molecule has 0 radical (unpaired) electrons. The molecule has 122 valence electrons. The summed E-state index contributed by atoms with van der Waals surface area (Å²) in [5, 5.41) is 0. The number of likely N-dealkylation sites (tertiary alicyclic amines) is 1. The highest BCUT2D eigenvalue weighted by atomic mass is 16.5. The summed E-state index contributed by atoms with van der Waals surface area (Å²) in [6.07, 6.45) is 7.47. The molecule has 3 heteroatoms. The van der Waals surface area contributed by atoms with E-state index >= 15 is 0 Å². The zero-order chi connectivity index (χ0) is 15.0. The summed E-state index contributed by atoms with van der Waals surface area (Å²) in [6.45, 7) is 6.49. The average molecular weight is 303 g/mol. The smallest absolute Gasteiger partial charge is 0.119 e. The van der Waals surface area contributed by atoms with E-state index < -0.39 is 0 Å². The van der Waals surface area contributed by atoms with Crippen LogP contribution in [0.5, 0.6) is 5.75 Å². The van der Waals surface area contributed by atoms with Crippen LogP contribution in [0.2, 0.25) is 0 Å². The molecule has 2 saturated heterocycles. The lowest BCUT2D eigenvalue weighted by atomic mass is 9.92. The zero-order valence-corrected chi connectivity index (χ0v) is 13.6. The van der Waals surface area contributed by atoms with Gasteiger partial charge in [-0.1, -0.05) is 12.1 Å². The van der Waals surface area contributed by atoms with Gasteiger partial charge in [-0.15, -0.1) is 0 Å². The van der Waals surface area contributed by atoms with Crippen molar-refractivity contribution in [1.82, 2.24) is 4.90 Å². The third-order valence-corrected chi connectivity index (χ3v) is 4.91. The third kappa shape index (κ3) is 4.72. The van der Waals surface area contributed by atoms with Crippen LogP contribution in [0.1, 0.15) is 50.0 Å². The van der Waals surface area contributed by atoms with E-state index in [1.165, 1.54) is 44.5 Å². The minimum atomic E-state index is 0.670. The van der Waals surface area contributed by atoms with Gasteiger partial charge in [-0.3, -0.25) is 0 Å². The molecular weight excluding hydrogens is 274 g/mol. The first-order valence-corrected chi connectivity index (χ1v) is 8.95. The lowest BCUT2D eigenvalue weighted by molar-refractivity contribution is 0.0853. The second-order valence-electron chi connectivity index (χ2n) is 6.56. The summed E-state index contributed by atoms with van der Waals surface area (Å²) in [4.78, 5) is 2.57. The highest BCUT2D eigenvalue weighted by molar-refractivity contribution is 5.29. The van der Waals surface area contributed by atoms with Crippen molar-refractivity contribution < 1.29 is 9.47 Å². The van der Waals surface area contributed by atoms with Crippen LogP contribution in [0.3, 0.4) is 0 Å². The normalized spacial score (nSPS) is 20.4. The van der Waals surface area contributed by atoms with Crippen LogP contribution in [-0.2, 0) is 4.74 Å². The van der Waals surface area contributed by atoms with Crippen LogP contribution in [0.25, 0.3) is 0 Å². The van der Waals surface area contributed by atoms with Gasteiger partial charge in [0.15, 0.2) is 0 Å². The molecule has 0 amide bonds. The van der Waals surface area contributed by atoms with Crippen LogP contribution < -0.4 is 4.74 Å². The molecule has 0 unspecified atom stereocenters. The Hall–Kier alpha value is -1.06. The molecule has 0 saturated carbocycles. The summed E-state index contributed by atoms with van der Waals surface area (Å²) in [7, 11) is 0. The van der Waals surface area contributed by atoms with E-state index in [2.05, 4.69) is 29.2 Å². The molecule has 1 aromatic carbocycles. The average Bonchev–Trinajstić information content (AvgIpc) is 3.09. The van der Waals surface area contributed by atoms with Crippen molar-refractivity contribution in [2.24, 2.45) is 0 Å². The van der Waals surface area contributed by atoms with Crippen LogP contribution in [-0.4, -0.2) is 44.4 Å². The molecule has 1 aromatic rings. The molecule has 2 aliphatic rings. The molecule has 0 aliphatic carbocycles. The van der Waals surface area contributed by atoms with Gasteiger partial charge in [-0.25, -0.2) is 0 Å². The van der Waals surface area contributed by atoms with Crippen molar-refractivity contribution in [3.63, 3.8) is 0 Å². The van der Waals surface area contributed by atoms with Gasteiger partial charge >= 0.3 is 0 Å². The summed E-state index contributed by atoms with van der Waals surface area (Å²) >= 11 is 0. The zero-order valence-electron chi connectivity index (χ0n) is 13.6. The van der Waals surface area contributed by atoms with Gasteiger partial charge < -0.3 is 14.4 Å². The van der Waals surface area contributed by atoms with Crippen LogP contribution in [0, 0.1) is 0 Å². The number of rotatable bonds is 7. The van der Waals surface area contributed by atoms with Crippen molar-refractivity contribution in [2.45, 2.75) is 44.4 Å². The van der Waals surface area contributed by atoms with Gasteiger partial charge in [0.05, 0.1) is 6.61 Å². The van der Waals surface area contributed by atoms with E-state index in [0.29, 0.717) is 5.92 Å². The van der Waals surface area contributed by atoms with Crippen LogP contribution >= 0.6 is 0 Å². The topological polar surface area (TPSA) is 21.7 Å². The molecule has 22 heavy (non-hydrogen) atoms. The lowest BCUT2D eigenvalue weighted by Crippen LogP contribution is -2.20. The van der Waals surface area contributed by atoms with Gasteiger partial charge in [0.25, 0.3) is 0 Å². The fourth-order valence-electron chi connectivity index (χ4n) is 3.50. The van der Waals surface area contributed by atoms with Crippen molar-refractivity contribution in [2.75, 3.05) is 39.5 Å². The third-order valence-electron chi connectivity index (χ3n) is 4.91. The maximum atomic E-state index is 5.87. The van der Waals surface area contributed by atoms with E-state index in [0.717, 1.165) is 44.8 Å². The fraction of sp³-hybridized carbons (Fsp3) is 0.684. The number of ether oxygens (including phenoxy) is 2. The molecule has 0 bridgehead atoms. The Labute approximate surface area is 134 Å². The monoisotopic (exact) mass is 303 g/mol.